The number of carbonyl (C=O) groups is 1. The van der Waals surface area contributed by atoms with Crippen LogP contribution in [-0.4, -0.2) is 28.6 Å². The maximum Gasteiger partial charge on any atom is 0.414 e. The number of nitrogens with zero attached hydrogens (tertiary/aromatic N) is 3. The van der Waals surface area contributed by atoms with Crippen LogP contribution in [0, 0.1) is 10.1 Å². The predicted octanol–water partition coefficient (Wildman–Crippen LogP) is 2.36. The summed E-state index contributed by atoms with van der Waals surface area (Å²) in [6.07, 6.45) is 1.82. The van der Waals surface area contributed by atoms with Crippen LogP contribution in [-0.2, 0) is 4.74 Å². The molecule has 7 heteroatoms. The number of aromatic nitrogens is 1. The third kappa shape index (κ3) is 3.41. The number of hydrogen-bond donors (Lipinski definition) is 0. The molecule has 1 amide bonds. The Labute approximate surface area is 105 Å². The van der Waals surface area contributed by atoms with Gasteiger partial charge >= 0.3 is 11.8 Å². The molecule has 18 heavy (non-hydrogen) atoms. The maximum absolute atomic E-state index is 11.8. The van der Waals surface area contributed by atoms with Crippen molar-refractivity contribution in [3.05, 3.63) is 28.6 Å². The summed E-state index contributed by atoms with van der Waals surface area (Å²) in [6.45, 7) is 5.17. The summed E-state index contributed by atoms with van der Waals surface area (Å²) in [5.41, 5.74) is -0.761. The number of ether oxygens (including phenoxy) is 1. The molecule has 0 unspecified atom stereocenters. The Balaban J connectivity index is 3.00. The Morgan fingerprint density at radius 3 is 2.61 bits per heavy atom. The van der Waals surface area contributed by atoms with E-state index < -0.39 is 16.6 Å². The van der Waals surface area contributed by atoms with Gasteiger partial charge in [0.15, 0.2) is 0 Å². The SMILES string of the molecule is CN(C(=O)OC(C)(C)C)c1ccncc1[N+](=O)[O-]. The summed E-state index contributed by atoms with van der Waals surface area (Å²) in [6, 6.07) is 1.39. The molecule has 1 aromatic heterocycles. The number of anilines is 1. The predicted molar refractivity (Wildman–Crippen MR) is 65.5 cm³/mol. The van der Waals surface area contributed by atoms with Gasteiger partial charge in [-0.25, -0.2) is 4.79 Å². The average Bonchev–Trinajstić information content (AvgIpc) is 2.25. The first-order chi connectivity index (χ1) is 8.22. The van der Waals surface area contributed by atoms with Crippen molar-refractivity contribution in [1.82, 2.24) is 4.98 Å². The van der Waals surface area contributed by atoms with E-state index >= 15 is 0 Å². The van der Waals surface area contributed by atoms with Gasteiger partial charge in [-0.3, -0.25) is 20.0 Å². The standard InChI is InChI=1S/C11H15N3O4/c1-11(2,3)18-10(15)13(4)8-5-6-12-7-9(8)14(16)17/h5-7H,1-4H3. The van der Waals surface area contributed by atoms with E-state index in [1.165, 1.54) is 19.3 Å². The molecule has 0 aliphatic heterocycles. The van der Waals surface area contributed by atoms with Crippen molar-refractivity contribution in [2.75, 3.05) is 11.9 Å². The molecule has 0 radical (unpaired) electrons. The van der Waals surface area contributed by atoms with Crippen molar-refractivity contribution in [3.8, 4) is 0 Å². The highest BCUT2D eigenvalue weighted by Gasteiger charge is 2.25. The van der Waals surface area contributed by atoms with Gasteiger partial charge < -0.3 is 4.74 Å². The number of pyridine rings is 1. The van der Waals surface area contributed by atoms with Crippen LogP contribution in [0.3, 0.4) is 0 Å². The van der Waals surface area contributed by atoms with Crippen LogP contribution in [0.25, 0.3) is 0 Å². The fourth-order valence-electron chi connectivity index (χ4n) is 1.23. The second kappa shape index (κ2) is 4.99. The highest BCUT2D eigenvalue weighted by molar-refractivity contribution is 5.90. The van der Waals surface area contributed by atoms with E-state index in [0.717, 1.165) is 11.1 Å². The van der Waals surface area contributed by atoms with Crippen molar-refractivity contribution >= 4 is 17.5 Å². The van der Waals surface area contributed by atoms with Crippen molar-refractivity contribution in [1.29, 1.82) is 0 Å². The van der Waals surface area contributed by atoms with Gasteiger partial charge in [0.1, 0.15) is 17.5 Å². The Kier molecular flexibility index (Phi) is 3.85. The molecule has 1 aromatic rings. The molecule has 0 aliphatic rings. The van der Waals surface area contributed by atoms with Crippen LogP contribution in [0.1, 0.15) is 20.8 Å². The lowest BCUT2D eigenvalue weighted by atomic mass is 10.2. The third-order valence-electron chi connectivity index (χ3n) is 2.00. The molecule has 0 atom stereocenters. The number of nitro groups is 1. The lowest BCUT2D eigenvalue weighted by molar-refractivity contribution is -0.384. The van der Waals surface area contributed by atoms with Crippen molar-refractivity contribution < 1.29 is 14.5 Å². The van der Waals surface area contributed by atoms with Crippen LogP contribution in [0.15, 0.2) is 18.5 Å². The minimum absolute atomic E-state index is 0.143. The topological polar surface area (TPSA) is 85.6 Å². The van der Waals surface area contributed by atoms with Gasteiger partial charge in [0.05, 0.1) is 4.92 Å². The summed E-state index contributed by atoms with van der Waals surface area (Å²) in [4.78, 5) is 26.8. The minimum atomic E-state index is -0.660. The number of hydrogen-bond acceptors (Lipinski definition) is 5. The van der Waals surface area contributed by atoms with Crippen LogP contribution >= 0.6 is 0 Å². The first-order valence-corrected chi connectivity index (χ1v) is 5.27. The largest absolute Gasteiger partial charge is 0.443 e. The van der Waals surface area contributed by atoms with E-state index in [2.05, 4.69) is 4.98 Å². The number of carbonyl (C=O) groups excluding carboxylic acids is 1. The van der Waals surface area contributed by atoms with Crippen LogP contribution in [0.4, 0.5) is 16.2 Å². The minimum Gasteiger partial charge on any atom is -0.443 e. The molecule has 0 bridgehead atoms. The second-order valence-corrected chi connectivity index (χ2v) is 4.66. The first kappa shape index (κ1) is 13.9. The molecule has 1 rings (SSSR count). The Hall–Kier alpha value is -2.18. The summed E-state index contributed by atoms with van der Waals surface area (Å²) in [5.74, 6) is 0. The fourth-order valence-corrected chi connectivity index (χ4v) is 1.23. The van der Waals surface area contributed by atoms with Gasteiger partial charge in [-0.15, -0.1) is 0 Å². The number of rotatable bonds is 2. The van der Waals surface area contributed by atoms with E-state index in [4.69, 9.17) is 4.74 Å². The van der Waals surface area contributed by atoms with Gasteiger partial charge in [0.25, 0.3) is 0 Å². The van der Waals surface area contributed by atoms with E-state index in [0.29, 0.717) is 0 Å². The Morgan fingerprint density at radius 1 is 1.50 bits per heavy atom. The van der Waals surface area contributed by atoms with E-state index in [9.17, 15) is 14.9 Å². The normalized spacial score (nSPS) is 10.9. The zero-order chi connectivity index (χ0) is 13.9. The Morgan fingerprint density at radius 2 is 2.11 bits per heavy atom. The molecule has 1 heterocycles. The number of amides is 1. The molecule has 0 spiro atoms. The van der Waals surface area contributed by atoms with Crippen LogP contribution in [0.5, 0.6) is 0 Å². The van der Waals surface area contributed by atoms with Gasteiger partial charge in [-0.05, 0) is 26.8 Å². The summed E-state index contributed by atoms with van der Waals surface area (Å²) < 4.78 is 5.13. The van der Waals surface area contributed by atoms with Gasteiger partial charge in [-0.2, -0.15) is 0 Å². The van der Waals surface area contributed by atoms with Crippen molar-refractivity contribution in [2.24, 2.45) is 0 Å². The second-order valence-electron chi connectivity index (χ2n) is 4.66. The summed E-state index contributed by atoms with van der Waals surface area (Å²) >= 11 is 0. The molecular formula is C11H15N3O4. The summed E-state index contributed by atoms with van der Waals surface area (Å²) in [5, 5.41) is 10.8. The molecule has 98 valence electrons. The first-order valence-electron chi connectivity index (χ1n) is 5.27. The zero-order valence-electron chi connectivity index (χ0n) is 10.7. The maximum atomic E-state index is 11.8. The highest BCUT2D eigenvalue weighted by Crippen LogP contribution is 2.26. The molecule has 0 N–H and O–H groups in total. The molecule has 7 nitrogen and oxygen atoms in total. The average molecular weight is 253 g/mol. The lowest BCUT2D eigenvalue weighted by Crippen LogP contribution is -2.34. The Bertz CT molecular complexity index is 468. The van der Waals surface area contributed by atoms with E-state index in [1.54, 1.807) is 20.8 Å². The smallest absolute Gasteiger partial charge is 0.414 e. The van der Waals surface area contributed by atoms with Gasteiger partial charge in [0, 0.05) is 13.2 Å². The third-order valence-corrected chi connectivity index (χ3v) is 2.00. The van der Waals surface area contributed by atoms with Crippen molar-refractivity contribution in [2.45, 2.75) is 26.4 Å². The van der Waals surface area contributed by atoms with Crippen molar-refractivity contribution in [3.63, 3.8) is 0 Å². The molecule has 0 saturated carbocycles. The monoisotopic (exact) mass is 253 g/mol. The highest BCUT2D eigenvalue weighted by atomic mass is 16.6. The lowest BCUT2D eigenvalue weighted by Gasteiger charge is -2.24. The zero-order valence-corrected chi connectivity index (χ0v) is 10.7. The van der Waals surface area contributed by atoms with Gasteiger partial charge in [-0.1, -0.05) is 0 Å². The molecule has 0 saturated heterocycles. The van der Waals surface area contributed by atoms with E-state index in [1.807, 2.05) is 0 Å². The molecule has 0 aliphatic carbocycles. The van der Waals surface area contributed by atoms with Crippen LogP contribution < -0.4 is 4.90 Å². The van der Waals surface area contributed by atoms with E-state index in [-0.39, 0.29) is 11.4 Å². The molecule has 0 fully saturated rings. The van der Waals surface area contributed by atoms with Crippen LogP contribution in [0.2, 0.25) is 0 Å². The molecular weight excluding hydrogens is 238 g/mol. The molecule has 0 aromatic carbocycles. The summed E-state index contributed by atoms with van der Waals surface area (Å²) in [7, 11) is 1.41. The quantitative estimate of drug-likeness (QED) is 0.596. The van der Waals surface area contributed by atoms with Gasteiger partial charge in [0.2, 0.25) is 0 Å². The fraction of sp³-hybridized carbons (Fsp3) is 0.455.